The summed E-state index contributed by atoms with van der Waals surface area (Å²) in [5.74, 6) is 0.506. The van der Waals surface area contributed by atoms with E-state index in [1.165, 1.54) is 0 Å². The van der Waals surface area contributed by atoms with Crippen molar-refractivity contribution in [1.29, 1.82) is 0 Å². The van der Waals surface area contributed by atoms with Gasteiger partial charge in [-0.3, -0.25) is 4.79 Å². The second kappa shape index (κ2) is 8.31. The molecule has 2 aliphatic heterocycles. The third-order valence-electron chi connectivity index (χ3n) is 5.88. The third kappa shape index (κ3) is 4.37. The van der Waals surface area contributed by atoms with Crippen molar-refractivity contribution in [2.45, 2.75) is 50.2 Å². The lowest BCUT2D eigenvalue weighted by atomic mass is 9.72. The Labute approximate surface area is 163 Å². The van der Waals surface area contributed by atoms with Crippen molar-refractivity contribution in [3.05, 3.63) is 35.9 Å². The number of sulfone groups is 1. The highest BCUT2D eigenvalue weighted by Gasteiger charge is 2.45. The summed E-state index contributed by atoms with van der Waals surface area (Å²) < 4.78 is 30.6. The largest absolute Gasteiger partial charge is 0.381 e. The molecule has 150 valence electrons. The third-order valence-corrected chi connectivity index (χ3v) is 8.50. The van der Waals surface area contributed by atoms with Crippen molar-refractivity contribution in [1.82, 2.24) is 4.90 Å². The molecule has 1 aromatic carbocycles. The first-order valence-corrected chi connectivity index (χ1v) is 11.7. The Morgan fingerprint density at radius 2 is 1.74 bits per heavy atom. The van der Waals surface area contributed by atoms with Crippen molar-refractivity contribution in [3.8, 4) is 0 Å². The summed E-state index contributed by atoms with van der Waals surface area (Å²) in [5, 5.41) is -0.314. The van der Waals surface area contributed by atoms with E-state index in [9.17, 15) is 13.2 Å². The SMILES string of the molecule is CC(C)CS(=O)(=O)C1CCN(C(=O)C2(c3ccccc3)CCOCC2)CC1. The molecule has 6 heteroatoms. The van der Waals surface area contributed by atoms with Crippen LogP contribution in [0.1, 0.15) is 45.1 Å². The van der Waals surface area contributed by atoms with E-state index >= 15 is 0 Å². The van der Waals surface area contributed by atoms with Gasteiger partial charge in [-0.05, 0) is 37.2 Å². The van der Waals surface area contributed by atoms with Gasteiger partial charge < -0.3 is 9.64 Å². The number of hydrogen-bond acceptors (Lipinski definition) is 4. The van der Waals surface area contributed by atoms with Crippen LogP contribution in [0.25, 0.3) is 0 Å². The molecular weight excluding hydrogens is 362 g/mol. The fourth-order valence-corrected chi connectivity index (χ4v) is 6.55. The van der Waals surface area contributed by atoms with Crippen LogP contribution in [0, 0.1) is 5.92 Å². The lowest BCUT2D eigenvalue weighted by molar-refractivity contribution is -0.142. The molecule has 1 amide bonds. The monoisotopic (exact) mass is 393 g/mol. The summed E-state index contributed by atoms with van der Waals surface area (Å²) in [6, 6.07) is 9.98. The van der Waals surface area contributed by atoms with E-state index in [0.717, 1.165) is 5.56 Å². The van der Waals surface area contributed by atoms with Crippen molar-refractivity contribution >= 4 is 15.7 Å². The van der Waals surface area contributed by atoms with Gasteiger partial charge in [0.05, 0.1) is 16.4 Å². The minimum Gasteiger partial charge on any atom is -0.381 e. The van der Waals surface area contributed by atoms with Crippen LogP contribution in [0.4, 0.5) is 0 Å². The van der Waals surface area contributed by atoms with Gasteiger partial charge in [-0.2, -0.15) is 0 Å². The lowest BCUT2D eigenvalue weighted by Crippen LogP contribution is -2.53. The van der Waals surface area contributed by atoms with E-state index < -0.39 is 15.3 Å². The predicted molar refractivity (Wildman–Crippen MR) is 106 cm³/mol. The number of piperidine rings is 1. The normalized spacial score (nSPS) is 21.4. The average molecular weight is 394 g/mol. The zero-order chi connectivity index (χ0) is 19.5. The predicted octanol–water partition coefficient (Wildman–Crippen LogP) is 2.80. The lowest BCUT2D eigenvalue weighted by Gasteiger charge is -2.42. The van der Waals surface area contributed by atoms with Crippen LogP contribution in [0.15, 0.2) is 30.3 Å². The van der Waals surface area contributed by atoms with Crippen LogP contribution in [0.5, 0.6) is 0 Å². The minimum atomic E-state index is -3.08. The molecule has 2 aliphatic rings. The molecule has 0 aromatic heterocycles. The maximum atomic E-state index is 13.5. The van der Waals surface area contributed by atoms with Crippen LogP contribution in [0.3, 0.4) is 0 Å². The molecule has 0 radical (unpaired) electrons. The number of likely N-dealkylation sites (tertiary alicyclic amines) is 1. The number of carbonyl (C=O) groups is 1. The smallest absolute Gasteiger partial charge is 0.233 e. The van der Waals surface area contributed by atoms with Gasteiger partial charge >= 0.3 is 0 Å². The molecular formula is C21H31NO4S. The van der Waals surface area contributed by atoms with E-state index in [4.69, 9.17) is 4.74 Å². The minimum absolute atomic E-state index is 0.136. The fourth-order valence-electron chi connectivity index (χ4n) is 4.42. The second-order valence-electron chi connectivity index (χ2n) is 8.28. The first kappa shape index (κ1) is 20.3. The number of nitrogens with zero attached hydrogens (tertiary/aromatic N) is 1. The van der Waals surface area contributed by atoms with Gasteiger partial charge in [-0.15, -0.1) is 0 Å². The van der Waals surface area contributed by atoms with E-state index in [-0.39, 0.29) is 22.8 Å². The Balaban J connectivity index is 1.74. The Morgan fingerprint density at radius 3 is 2.30 bits per heavy atom. The van der Waals surface area contributed by atoms with Gasteiger partial charge in [0.2, 0.25) is 5.91 Å². The maximum absolute atomic E-state index is 13.5. The molecule has 27 heavy (non-hydrogen) atoms. The number of carbonyl (C=O) groups excluding carboxylic acids is 1. The zero-order valence-electron chi connectivity index (χ0n) is 16.4. The summed E-state index contributed by atoms with van der Waals surface area (Å²) in [4.78, 5) is 15.4. The summed E-state index contributed by atoms with van der Waals surface area (Å²) in [6.07, 6.45) is 2.45. The number of ether oxygens (including phenoxy) is 1. The second-order valence-corrected chi connectivity index (χ2v) is 10.6. The van der Waals surface area contributed by atoms with E-state index in [1.54, 1.807) is 0 Å². The molecule has 0 bridgehead atoms. The first-order chi connectivity index (χ1) is 12.8. The van der Waals surface area contributed by atoms with Crippen LogP contribution < -0.4 is 0 Å². The molecule has 0 unspecified atom stereocenters. The van der Waals surface area contributed by atoms with E-state index in [2.05, 4.69) is 0 Å². The topological polar surface area (TPSA) is 63.7 Å². The van der Waals surface area contributed by atoms with Crippen LogP contribution in [0.2, 0.25) is 0 Å². The highest BCUT2D eigenvalue weighted by atomic mass is 32.2. The van der Waals surface area contributed by atoms with Crippen LogP contribution >= 0.6 is 0 Å². The van der Waals surface area contributed by atoms with Crippen molar-refractivity contribution in [3.63, 3.8) is 0 Å². The van der Waals surface area contributed by atoms with E-state index in [0.29, 0.717) is 52.0 Å². The van der Waals surface area contributed by atoms with Gasteiger partial charge in [-0.25, -0.2) is 8.42 Å². The van der Waals surface area contributed by atoms with E-state index in [1.807, 2.05) is 49.1 Å². The molecule has 5 nitrogen and oxygen atoms in total. The summed E-state index contributed by atoms with van der Waals surface area (Å²) in [7, 11) is -3.08. The molecule has 0 aliphatic carbocycles. The Bertz CT molecular complexity index is 731. The summed E-state index contributed by atoms with van der Waals surface area (Å²) in [6.45, 7) is 6.09. The number of benzene rings is 1. The van der Waals surface area contributed by atoms with Crippen molar-refractivity contribution in [2.75, 3.05) is 32.1 Å². The highest BCUT2D eigenvalue weighted by molar-refractivity contribution is 7.92. The summed E-state index contributed by atoms with van der Waals surface area (Å²) >= 11 is 0. The fraction of sp³-hybridized carbons (Fsp3) is 0.667. The number of amides is 1. The number of hydrogen-bond donors (Lipinski definition) is 0. The molecule has 1 aromatic rings. The molecule has 0 saturated carbocycles. The Kier molecular flexibility index (Phi) is 6.26. The van der Waals surface area contributed by atoms with Gasteiger partial charge in [0.15, 0.2) is 9.84 Å². The Morgan fingerprint density at radius 1 is 1.15 bits per heavy atom. The summed E-state index contributed by atoms with van der Waals surface area (Å²) in [5.41, 5.74) is 0.510. The highest BCUT2D eigenvalue weighted by Crippen LogP contribution is 2.37. The van der Waals surface area contributed by atoms with Gasteiger partial charge in [0, 0.05) is 26.3 Å². The number of rotatable bonds is 5. The molecule has 2 fully saturated rings. The average Bonchev–Trinajstić information content (AvgIpc) is 2.68. The quantitative estimate of drug-likeness (QED) is 0.772. The van der Waals surface area contributed by atoms with Crippen LogP contribution in [-0.4, -0.2) is 56.5 Å². The maximum Gasteiger partial charge on any atom is 0.233 e. The van der Waals surface area contributed by atoms with Gasteiger partial charge in [-0.1, -0.05) is 44.2 Å². The van der Waals surface area contributed by atoms with Crippen molar-refractivity contribution in [2.24, 2.45) is 5.92 Å². The molecule has 0 N–H and O–H groups in total. The zero-order valence-corrected chi connectivity index (χ0v) is 17.2. The molecule has 0 spiro atoms. The Hall–Kier alpha value is -1.40. The van der Waals surface area contributed by atoms with Crippen molar-refractivity contribution < 1.29 is 17.9 Å². The molecule has 3 rings (SSSR count). The first-order valence-electron chi connectivity index (χ1n) is 9.99. The molecule has 2 heterocycles. The van der Waals surface area contributed by atoms with Gasteiger partial charge in [0.1, 0.15) is 0 Å². The standard InChI is InChI=1S/C21H31NO4S/c1-17(2)16-27(24,25)19-8-12-22(13-9-19)20(23)21(10-14-26-15-11-21)18-6-4-3-5-7-18/h3-7,17,19H,8-16H2,1-2H3. The van der Waals surface area contributed by atoms with Crippen LogP contribution in [-0.2, 0) is 24.8 Å². The molecule has 2 saturated heterocycles. The van der Waals surface area contributed by atoms with Gasteiger partial charge in [0.25, 0.3) is 0 Å². The molecule has 0 atom stereocenters.